The molecule has 0 aliphatic heterocycles. The van der Waals surface area contributed by atoms with Crippen molar-refractivity contribution in [3.63, 3.8) is 0 Å². The number of rotatable bonds is 5. The number of nitrogens with one attached hydrogen (secondary N) is 1. The van der Waals surface area contributed by atoms with Gasteiger partial charge in [-0.25, -0.2) is 4.98 Å². The Morgan fingerprint density at radius 2 is 2.22 bits per heavy atom. The minimum atomic E-state index is -0.368. The van der Waals surface area contributed by atoms with Gasteiger partial charge in [-0.2, -0.15) is 0 Å². The first-order valence-corrected chi connectivity index (χ1v) is 7.78. The zero-order valence-corrected chi connectivity index (χ0v) is 13.1. The maximum atomic E-state index is 12.1. The molecule has 1 amide bonds. The van der Waals surface area contributed by atoms with Crippen LogP contribution in [0.15, 0.2) is 42.0 Å². The average Bonchev–Trinajstić information content (AvgIpc) is 3.05. The third-order valence-corrected chi connectivity index (χ3v) is 3.60. The van der Waals surface area contributed by atoms with E-state index < -0.39 is 0 Å². The van der Waals surface area contributed by atoms with Crippen molar-refractivity contribution >= 4 is 22.4 Å². The summed E-state index contributed by atoms with van der Waals surface area (Å²) in [6.07, 6.45) is 3.42. The number of amides is 1. The molecule has 3 heterocycles. The van der Waals surface area contributed by atoms with Gasteiger partial charge in [0.1, 0.15) is 0 Å². The molecule has 3 rings (SSSR count). The molecular formula is C15H13N5O2S. The summed E-state index contributed by atoms with van der Waals surface area (Å²) in [6, 6.07) is 6.91. The molecule has 0 spiro atoms. The lowest BCUT2D eigenvalue weighted by Gasteiger charge is -2.02. The summed E-state index contributed by atoms with van der Waals surface area (Å²) in [7, 11) is 0. The van der Waals surface area contributed by atoms with Crippen LogP contribution in [0.3, 0.4) is 0 Å². The number of hydrogen-bond donors (Lipinski definition) is 1. The first-order chi connectivity index (χ1) is 11.3. The molecule has 1 N–H and O–H groups in total. The molecule has 116 valence electrons. The number of ether oxygens (including phenoxy) is 1. The van der Waals surface area contributed by atoms with Gasteiger partial charge in [-0.3, -0.25) is 15.1 Å². The molecule has 0 bridgehead atoms. The highest BCUT2D eigenvalue weighted by molar-refractivity contribution is 7.14. The van der Waals surface area contributed by atoms with E-state index in [2.05, 4.69) is 25.5 Å². The number of thiazole rings is 1. The molecule has 0 atom stereocenters. The molecular weight excluding hydrogens is 314 g/mol. The first-order valence-electron chi connectivity index (χ1n) is 6.90. The van der Waals surface area contributed by atoms with Crippen LogP contribution >= 0.6 is 11.3 Å². The molecule has 8 heteroatoms. The normalized spacial score (nSPS) is 10.3. The Morgan fingerprint density at radius 1 is 1.30 bits per heavy atom. The van der Waals surface area contributed by atoms with Crippen molar-refractivity contribution in [3.8, 4) is 17.1 Å². The van der Waals surface area contributed by atoms with Gasteiger partial charge in [-0.1, -0.05) is 0 Å². The summed E-state index contributed by atoms with van der Waals surface area (Å²) in [5.41, 5.74) is 1.85. The summed E-state index contributed by atoms with van der Waals surface area (Å²) >= 11 is 1.33. The molecule has 0 unspecified atom stereocenters. The predicted molar refractivity (Wildman–Crippen MR) is 86.5 cm³/mol. The van der Waals surface area contributed by atoms with Gasteiger partial charge in [0.25, 0.3) is 5.91 Å². The Bertz CT molecular complexity index is 789. The SMILES string of the molecule is CCOc1ccc(C(=O)Nc2nc(-c3cccnc3)cs2)nn1. The van der Waals surface area contributed by atoms with E-state index in [9.17, 15) is 4.79 Å². The Hall–Kier alpha value is -2.87. The molecule has 3 aromatic heterocycles. The van der Waals surface area contributed by atoms with E-state index in [-0.39, 0.29) is 11.6 Å². The fourth-order valence-corrected chi connectivity index (χ4v) is 2.52. The number of hydrogen-bond acceptors (Lipinski definition) is 7. The van der Waals surface area contributed by atoms with Crippen LogP contribution in [-0.4, -0.2) is 32.7 Å². The molecule has 0 saturated heterocycles. The largest absolute Gasteiger partial charge is 0.477 e. The van der Waals surface area contributed by atoms with E-state index in [0.29, 0.717) is 17.6 Å². The quantitative estimate of drug-likeness (QED) is 0.775. The van der Waals surface area contributed by atoms with Crippen molar-refractivity contribution in [2.45, 2.75) is 6.92 Å². The second-order valence-electron chi connectivity index (χ2n) is 4.42. The van der Waals surface area contributed by atoms with Gasteiger partial charge in [0, 0.05) is 29.4 Å². The number of nitrogens with zero attached hydrogens (tertiary/aromatic N) is 4. The summed E-state index contributed by atoms with van der Waals surface area (Å²) in [4.78, 5) is 20.5. The molecule has 23 heavy (non-hydrogen) atoms. The van der Waals surface area contributed by atoms with Crippen LogP contribution in [0.4, 0.5) is 5.13 Å². The highest BCUT2D eigenvalue weighted by Gasteiger charge is 2.12. The van der Waals surface area contributed by atoms with Gasteiger partial charge in [0.15, 0.2) is 10.8 Å². The van der Waals surface area contributed by atoms with Crippen molar-refractivity contribution in [1.82, 2.24) is 20.2 Å². The Balaban J connectivity index is 1.69. The van der Waals surface area contributed by atoms with Crippen molar-refractivity contribution in [3.05, 3.63) is 47.7 Å². The van der Waals surface area contributed by atoms with Crippen LogP contribution < -0.4 is 10.1 Å². The van der Waals surface area contributed by atoms with Crippen molar-refractivity contribution in [2.24, 2.45) is 0 Å². The van der Waals surface area contributed by atoms with Gasteiger partial charge in [0.05, 0.1) is 12.3 Å². The van der Waals surface area contributed by atoms with Gasteiger partial charge < -0.3 is 4.74 Å². The maximum absolute atomic E-state index is 12.1. The number of carbonyl (C=O) groups excluding carboxylic acids is 1. The minimum absolute atomic E-state index is 0.201. The lowest BCUT2D eigenvalue weighted by Crippen LogP contribution is -2.14. The molecule has 0 fully saturated rings. The molecule has 0 radical (unpaired) electrons. The van der Waals surface area contributed by atoms with Crippen LogP contribution in [-0.2, 0) is 0 Å². The van der Waals surface area contributed by atoms with E-state index in [1.807, 2.05) is 24.4 Å². The van der Waals surface area contributed by atoms with Crippen LogP contribution in [0.2, 0.25) is 0 Å². The van der Waals surface area contributed by atoms with Gasteiger partial charge in [-0.15, -0.1) is 21.5 Å². The van der Waals surface area contributed by atoms with Crippen LogP contribution in [0.25, 0.3) is 11.3 Å². The summed E-state index contributed by atoms with van der Waals surface area (Å²) in [5, 5.41) is 12.7. The number of carbonyl (C=O) groups is 1. The lowest BCUT2D eigenvalue weighted by molar-refractivity contribution is 0.102. The molecule has 0 aliphatic rings. The monoisotopic (exact) mass is 327 g/mol. The first kappa shape index (κ1) is 15.0. The number of pyridine rings is 1. The van der Waals surface area contributed by atoms with Gasteiger partial charge in [-0.05, 0) is 25.1 Å². The Labute approximate surface area is 136 Å². The summed E-state index contributed by atoms with van der Waals surface area (Å²) < 4.78 is 5.19. The maximum Gasteiger partial charge on any atom is 0.277 e. The zero-order valence-electron chi connectivity index (χ0n) is 12.3. The Morgan fingerprint density at radius 3 is 2.91 bits per heavy atom. The van der Waals surface area contributed by atoms with E-state index in [1.165, 1.54) is 11.3 Å². The third-order valence-electron chi connectivity index (χ3n) is 2.85. The molecule has 0 aromatic carbocycles. The van der Waals surface area contributed by atoms with E-state index in [0.717, 1.165) is 11.3 Å². The van der Waals surface area contributed by atoms with Gasteiger partial charge >= 0.3 is 0 Å². The third kappa shape index (κ3) is 3.67. The van der Waals surface area contributed by atoms with Gasteiger partial charge in [0.2, 0.25) is 5.88 Å². The molecule has 0 saturated carbocycles. The topological polar surface area (TPSA) is 89.9 Å². The predicted octanol–water partition coefficient (Wildman–Crippen LogP) is 2.65. The van der Waals surface area contributed by atoms with Crippen molar-refractivity contribution in [1.29, 1.82) is 0 Å². The highest BCUT2D eigenvalue weighted by atomic mass is 32.1. The van der Waals surface area contributed by atoms with Crippen LogP contribution in [0, 0.1) is 0 Å². The smallest absolute Gasteiger partial charge is 0.277 e. The standard InChI is InChI=1S/C15H13N5O2S/c1-2-22-13-6-5-11(19-20-13)14(21)18-15-17-12(9-23-15)10-4-3-7-16-8-10/h3-9H,2H2,1H3,(H,17,18,21). The van der Waals surface area contributed by atoms with E-state index in [1.54, 1.807) is 24.5 Å². The zero-order chi connectivity index (χ0) is 16.1. The molecule has 0 aliphatic carbocycles. The number of aromatic nitrogens is 4. The summed E-state index contributed by atoms with van der Waals surface area (Å²) in [5.74, 6) is 0.0183. The molecule has 7 nitrogen and oxygen atoms in total. The van der Waals surface area contributed by atoms with Crippen molar-refractivity contribution in [2.75, 3.05) is 11.9 Å². The number of anilines is 1. The van der Waals surface area contributed by atoms with E-state index >= 15 is 0 Å². The van der Waals surface area contributed by atoms with Crippen LogP contribution in [0.5, 0.6) is 5.88 Å². The Kier molecular flexibility index (Phi) is 4.53. The van der Waals surface area contributed by atoms with Crippen LogP contribution in [0.1, 0.15) is 17.4 Å². The second-order valence-corrected chi connectivity index (χ2v) is 5.28. The summed E-state index contributed by atoms with van der Waals surface area (Å²) in [6.45, 7) is 2.35. The molecule has 3 aromatic rings. The highest BCUT2D eigenvalue weighted by Crippen LogP contribution is 2.24. The lowest BCUT2D eigenvalue weighted by atomic mass is 10.2. The minimum Gasteiger partial charge on any atom is -0.477 e. The van der Waals surface area contributed by atoms with Crippen molar-refractivity contribution < 1.29 is 9.53 Å². The fraction of sp³-hybridized carbons (Fsp3) is 0.133. The van der Waals surface area contributed by atoms with E-state index in [4.69, 9.17) is 4.74 Å². The fourth-order valence-electron chi connectivity index (χ4n) is 1.81. The second kappa shape index (κ2) is 6.93. The average molecular weight is 327 g/mol.